The number of benzene rings is 2. The lowest BCUT2D eigenvalue weighted by Crippen LogP contribution is -2.22. The summed E-state index contributed by atoms with van der Waals surface area (Å²) in [6.45, 7) is 3.15. The van der Waals surface area contributed by atoms with E-state index in [0.717, 1.165) is 16.8 Å². The molecule has 0 unspecified atom stereocenters. The van der Waals surface area contributed by atoms with Gasteiger partial charge in [-0.1, -0.05) is 42.5 Å². The second-order valence-electron chi connectivity index (χ2n) is 4.85. The zero-order valence-electron chi connectivity index (χ0n) is 12.9. The summed E-state index contributed by atoms with van der Waals surface area (Å²) >= 11 is 0. The molecule has 0 saturated heterocycles. The van der Waals surface area contributed by atoms with Crippen LogP contribution in [-0.2, 0) is 20.9 Å². The third-order valence-corrected chi connectivity index (χ3v) is 3.24. The molecule has 1 atom stereocenters. The van der Waals surface area contributed by atoms with Crippen molar-refractivity contribution in [3.63, 3.8) is 0 Å². The number of hydrogen-bond acceptors (Lipinski definition) is 3. The van der Waals surface area contributed by atoms with Crippen molar-refractivity contribution < 1.29 is 14.3 Å². The van der Waals surface area contributed by atoms with Crippen LogP contribution < -0.4 is 5.32 Å². The second-order valence-corrected chi connectivity index (χ2v) is 4.85. The first-order valence-electron chi connectivity index (χ1n) is 7.30. The quantitative estimate of drug-likeness (QED) is 0.850. The summed E-state index contributed by atoms with van der Waals surface area (Å²) in [5, 5.41) is 2.89. The van der Waals surface area contributed by atoms with E-state index in [4.69, 9.17) is 9.47 Å². The van der Waals surface area contributed by atoms with Crippen LogP contribution in [0.4, 0.5) is 5.69 Å². The van der Waals surface area contributed by atoms with E-state index in [1.165, 1.54) is 7.11 Å². The highest BCUT2D eigenvalue weighted by atomic mass is 16.5. The number of carbonyl (C=O) groups is 1. The zero-order chi connectivity index (χ0) is 15.8. The van der Waals surface area contributed by atoms with Crippen molar-refractivity contribution in [3.8, 4) is 0 Å². The van der Waals surface area contributed by atoms with Crippen LogP contribution in [0.15, 0.2) is 54.6 Å². The minimum atomic E-state index is -0.628. The Kier molecular flexibility index (Phi) is 6.13. The van der Waals surface area contributed by atoms with Crippen LogP contribution in [0.5, 0.6) is 0 Å². The van der Waals surface area contributed by atoms with Crippen molar-refractivity contribution in [2.24, 2.45) is 0 Å². The van der Waals surface area contributed by atoms with Crippen LogP contribution in [0.3, 0.4) is 0 Å². The van der Waals surface area contributed by atoms with Gasteiger partial charge in [0.1, 0.15) is 0 Å². The lowest BCUT2D eigenvalue weighted by atomic mass is 10.1. The first kappa shape index (κ1) is 16.2. The fourth-order valence-electron chi connectivity index (χ4n) is 2.19. The molecule has 22 heavy (non-hydrogen) atoms. The van der Waals surface area contributed by atoms with E-state index in [1.807, 2.05) is 61.5 Å². The lowest BCUT2D eigenvalue weighted by molar-refractivity contribution is -0.126. The molecule has 0 saturated carbocycles. The summed E-state index contributed by atoms with van der Waals surface area (Å²) in [7, 11) is 1.53. The minimum absolute atomic E-state index is 0.192. The summed E-state index contributed by atoms with van der Waals surface area (Å²) < 4.78 is 10.7. The van der Waals surface area contributed by atoms with Crippen LogP contribution in [0.2, 0.25) is 0 Å². The Morgan fingerprint density at radius 1 is 1.14 bits per heavy atom. The predicted octanol–water partition coefficient (Wildman–Crippen LogP) is 3.55. The molecule has 0 aliphatic carbocycles. The number of anilines is 1. The topological polar surface area (TPSA) is 47.6 Å². The molecule has 0 aliphatic heterocycles. The van der Waals surface area contributed by atoms with Crippen LogP contribution >= 0.6 is 0 Å². The van der Waals surface area contributed by atoms with Gasteiger partial charge in [0, 0.05) is 19.4 Å². The number of rotatable bonds is 7. The molecular weight excluding hydrogens is 278 g/mol. The van der Waals surface area contributed by atoms with E-state index >= 15 is 0 Å². The van der Waals surface area contributed by atoms with Gasteiger partial charge in [0.15, 0.2) is 6.10 Å². The van der Waals surface area contributed by atoms with Gasteiger partial charge in [0.2, 0.25) is 0 Å². The summed E-state index contributed by atoms with van der Waals surface area (Å²) in [4.78, 5) is 12.4. The zero-order valence-corrected chi connectivity index (χ0v) is 12.9. The average Bonchev–Trinajstić information content (AvgIpc) is 2.55. The number of nitrogens with one attached hydrogen (secondary N) is 1. The second kappa shape index (κ2) is 8.32. The number of methoxy groups -OCH3 is 1. The van der Waals surface area contributed by atoms with Crippen molar-refractivity contribution >= 4 is 11.6 Å². The van der Waals surface area contributed by atoms with Crippen molar-refractivity contribution in [2.45, 2.75) is 19.6 Å². The maximum Gasteiger partial charge on any atom is 0.258 e. The van der Waals surface area contributed by atoms with Crippen molar-refractivity contribution in [3.05, 3.63) is 65.7 Å². The van der Waals surface area contributed by atoms with Crippen LogP contribution in [0.1, 0.15) is 24.2 Å². The van der Waals surface area contributed by atoms with Gasteiger partial charge >= 0.3 is 0 Å². The maximum atomic E-state index is 12.4. The van der Waals surface area contributed by atoms with Gasteiger partial charge in [-0.2, -0.15) is 0 Å². The van der Waals surface area contributed by atoms with Crippen LogP contribution in [-0.4, -0.2) is 19.6 Å². The largest absolute Gasteiger partial charge is 0.377 e. The molecular formula is C18H21NO3. The first-order valence-corrected chi connectivity index (χ1v) is 7.30. The Balaban J connectivity index is 2.07. The van der Waals surface area contributed by atoms with Gasteiger partial charge < -0.3 is 14.8 Å². The van der Waals surface area contributed by atoms with Gasteiger partial charge in [-0.05, 0) is 30.2 Å². The summed E-state index contributed by atoms with van der Waals surface area (Å²) in [6.07, 6.45) is -0.628. The van der Waals surface area contributed by atoms with Crippen molar-refractivity contribution in [1.82, 2.24) is 0 Å². The number of hydrogen-bond donors (Lipinski definition) is 1. The summed E-state index contributed by atoms with van der Waals surface area (Å²) in [5.74, 6) is -0.192. The first-order chi connectivity index (χ1) is 10.7. The molecule has 2 aromatic rings. The third-order valence-electron chi connectivity index (χ3n) is 3.24. The van der Waals surface area contributed by atoms with Crippen molar-refractivity contribution in [2.75, 3.05) is 19.0 Å². The minimum Gasteiger partial charge on any atom is -0.377 e. The number of amides is 1. The molecule has 0 spiro atoms. The fraction of sp³-hybridized carbons (Fsp3) is 0.278. The van der Waals surface area contributed by atoms with Gasteiger partial charge in [0.25, 0.3) is 5.91 Å². The molecule has 0 heterocycles. The molecule has 0 radical (unpaired) electrons. The third kappa shape index (κ3) is 4.41. The highest BCUT2D eigenvalue weighted by Crippen LogP contribution is 2.19. The smallest absolute Gasteiger partial charge is 0.258 e. The molecule has 0 aliphatic rings. The molecule has 0 fully saturated rings. The molecule has 0 bridgehead atoms. The maximum absolute atomic E-state index is 12.4. The molecule has 4 nitrogen and oxygen atoms in total. The fourth-order valence-corrected chi connectivity index (χ4v) is 2.19. The Morgan fingerprint density at radius 2 is 1.91 bits per heavy atom. The number of carbonyl (C=O) groups excluding carboxylic acids is 1. The Morgan fingerprint density at radius 3 is 2.59 bits per heavy atom. The Bertz CT molecular complexity index is 598. The van der Waals surface area contributed by atoms with E-state index in [0.29, 0.717) is 13.2 Å². The summed E-state index contributed by atoms with van der Waals surface area (Å²) in [5.41, 5.74) is 2.58. The standard InChI is InChI=1S/C18H21NO3/c1-3-22-13-14-8-7-11-16(12-14)19-18(20)17(21-2)15-9-5-4-6-10-15/h4-12,17H,3,13H2,1-2H3,(H,19,20)/t17-/m1/s1. The SMILES string of the molecule is CCOCc1cccc(NC(=O)[C@H](OC)c2ccccc2)c1. The average molecular weight is 299 g/mol. The van der Waals surface area contributed by atoms with E-state index in [2.05, 4.69) is 5.32 Å². The Labute approximate surface area is 131 Å². The summed E-state index contributed by atoms with van der Waals surface area (Å²) in [6, 6.07) is 17.1. The molecule has 4 heteroatoms. The predicted molar refractivity (Wildman–Crippen MR) is 86.6 cm³/mol. The molecule has 116 valence electrons. The molecule has 1 N–H and O–H groups in total. The normalized spacial score (nSPS) is 11.9. The highest BCUT2D eigenvalue weighted by molar-refractivity contribution is 5.94. The lowest BCUT2D eigenvalue weighted by Gasteiger charge is -2.16. The molecule has 1 amide bonds. The van der Waals surface area contributed by atoms with Gasteiger partial charge in [-0.15, -0.1) is 0 Å². The molecule has 0 aromatic heterocycles. The van der Waals surface area contributed by atoms with Gasteiger partial charge in [-0.3, -0.25) is 4.79 Å². The highest BCUT2D eigenvalue weighted by Gasteiger charge is 2.19. The van der Waals surface area contributed by atoms with Crippen LogP contribution in [0, 0.1) is 0 Å². The van der Waals surface area contributed by atoms with E-state index in [-0.39, 0.29) is 5.91 Å². The van der Waals surface area contributed by atoms with E-state index in [9.17, 15) is 4.79 Å². The molecule has 2 rings (SSSR count). The number of ether oxygens (including phenoxy) is 2. The van der Waals surface area contributed by atoms with Crippen molar-refractivity contribution in [1.29, 1.82) is 0 Å². The monoisotopic (exact) mass is 299 g/mol. The van der Waals surface area contributed by atoms with Gasteiger partial charge in [-0.25, -0.2) is 0 Å². The van der Waals surface area contributed by atoms with Crippen LogP contribution in [0.25, 0.3) is 0 Å². The van der Waals surface area contributed by atoms with E-state index in [1.54, 1.807) is 0 Å². The molecule has 2 aromatic carbocycles. The van der Waals surface area contributed by atoms with E-state index < -0.39 is 6.10 Å². The van der Waals surface area contributed by atoms with Gasteiger partial charge in [0.05, 0.1) is 6.61 Å². The Hall–Kier alpha value is -2.17.